The van der Waals surface area contributed by atoms with E-state index in [-0.39, 0.29) is 23.1 Å². The van der Waals surface area contributed by atoms with Gasteiger partial charge in [-0.05, 0) is 6.92 Å². The second kappa shape index (κ2) is 6.60. The number of non-ortho nitro benzene ring substituents is 1. The number of nitro groups is 1. The molecule has 0 aliphatic heterocycles. The van der Waals surface area contributed by atoms with Crippen molar-refractivity contribution in [2.45, 2.75) is 6.92 Å². The van der Waals surface area contributed by atoms with E-state index in [0.717, 1.165) is 18.2 Å². The van der Waals surface area contributed by atoms with Crippen LogP contribution in [0.4, 0.5) is 14.5 Å². The zero-order valence-electron chi connectivity index (χ0n) is 12.9. The molecule has 0 unspecified atom stereocenters. The Morgan fingerprint density at radius 3 is 2.44 bits per heavy atom. The van der Waals surface area contributed by atoms with Crippen LogP contribution in [0.25, 0.3) is 11.4 Å². The van der Waals surface area contributed by atoms with Gasteiger partial charge in [0.05, 0.1) is 4.92 Å². The molecular formula is C17H11F2N3O3. The van der Waals surface area contributed by atoms with E-state index in [1.165, 1.54) is 24.3 Å². The number of aryl methyl sites for hydroxylation is 1. The Kier molecular flexibility index (Phi) is 4.34. The predicted molar refractivity (Wildman–Crippen MR) is 85.3 cm³/mol. The highest BCUT2D eigenvalue weighted by molar-refractivity contribution is 5.59. The van der Waals surface area contributed by atoms with Crippen LogP contribution in [-0.2, 0) is 0 Å². The molecule has 0 N–H and O–H groups in total. The molecule has 1 aromatic heterocycles. The Bertz CT molecular complexity index is 943. The molecular weight excluding hydrogens is 332 g/mol. The Morgan fingerprint density at radius 2 is 1.76 bits per heavy atom. The molecule has 3 aromatic rings. The van der Waals surface area contributed by atoms with Gasteiger partial charge < -0.3 is 4.74 Å². The van der Waals surface area contributed by atoms with E-state index in [0.29, 0.717) is 11.3 Å². The van der Waals surface area contributed by atoms with Gasteiger partial charge in [-0.2, -0.15) is 4.98 Å². The van der Waals surface area contributed by atoms with E-state index in [4.69, 9.17) is 4.74 Å². The molecule has 25 heavy (non-hydrogen) atoms. The third kappa shape index (κ3) is 3.92. The van der Waals surface area contributed by atoms with Crippen molar-refractivity contribution >= 4 is 5.69 Å². The SMILES string of the molecule is Cc1cc(Oc2cc(F)cc(F)c2)nc(-c2cccc([N+](=O)[O-])c2)n1. The van der Waals surface area contributed by atoms with Gasteiger partial charge in [-0.25, -0.2) is 13.8 Å². The van der Waals surface area contributed by atoms with E-state index in [1.54, 1.807) is 13.0 Å². The first kappa shape index (κ1) is 16.4. The lowest BCUT2D eigenvalue weighted by Crippen LogP contribution is -1.97. The Hall–Kier alpha value is -3.42. The van der Waals surface area contributed by atoms with Gasteiger partial charge in [0, 0.05) is 47.7 Å². The highest BCUT2D eigenvalue weighted by atomic mass is 19.1. The Balaban J connectivity index is 1.98. The number of hydrogen-bond acceptors (Lipinski definition) is 5. The third-order valence-corrected chi connectivity index (χ3v) is 3.20. The standard InChI is InChI=1S/C17H11F2N3O3/c1-10-5-16(25-15-8-12(18)7-13(19)9-15)21-17(20-10)11-3-2-4-14(6-11)22(23)24/h2-9H,1H3. The molecule has 6 nitrogen and oxygen atoms in total. The van der Waals surface area contributed by atoms with Crippen LogP contribution in [0.3, 0.4) is 0 Å². The van der Waals surface area contributed by atoms with E-state index in [9.17, 15) is 18.9 Å². The summed E-state index contributed by atoms with van der Waals surface area (Å²) in [6, 6.07) is 10.1. The largest absolute Gasteiger partial charge is 0.439 e. The van der Waals surface area contributed by atoms with Crippen LogP contribution in [0.15, 0.2) is 48.5 Å². The topological polar surface area (TPSA) is 78.2 Å². The van der Waals surface area contributed by atoms with Crippen LogP contribution in [0.1, 0.15) is 5.69 Å². The Morgan fingerprint density at radius 1 is 1.04 bits per heavy atom. The van der Waals surface area contributed by atoms with Crippen LogP contribution in [0.5, 0.6) is 11.6 Å². The summed E-state index contributed by atoms with van der Waals surface area (Å²) in [5.74, 6) is -1.34. The number of nitrogens with zero attached hydrogens (tertiary/aromatic N) is 3. The molecule has 0 aliphatic rings. The molecule has 0 aliphatic carbocycles. The number of halogens is 2. The van der Waals surface area contributed by atoms with Crippen LogP contribution < -0.4 is 4.74 Å². The highest BCUT2D eigenvalue weighted by Gasteiger charge is 2.12. The summed E-state index contributed by atoms with van der Waals surface area (Å²) in [6.07, 6.45) is 0. The van der Waals surface area contributed by atoms with Crippen molar-refractivity contribution in [2.75, 3.05) is 0 Å². The van der Waals surface area contributed by atoms with Crippen molar-refractivity contribution in [1.29, 1.82) is 0 Å². The molecule has 1 heterocycles. The summed E-state index contributed by atoms with van der Waals surface area (Å²) < 4.78 is 31.9. The van der Waals surface area contributed by atoms with E-state index in [1.807, 2.05) is 0 Å². The fourth-order valence-electron chi connectivity index (χ4n) is 2.19. The van der Waals surface area contributed by atoms with Crippen molar-refractivity contribution in [2.24, 2.45) is 0 Å². The fraction of sp³-hybridized carbons (Fsp3) is 0.0588. The average molecular weight is 343 g/mol. The summed E-state index contributed by atoms with van der Waals surface area (Å²) in [5.41, 5.74) is 0.855. The number of hydrogen-bond donors (Lipinski definition) is 0. The summed E-state index contributed by atoms with van der Waals surface area (Å²) in [4.78, 5) is 18.7. The number of benzene rings is 2. The first-order valence-corrected chi connectivity index (χ1v) is 7.15. The average Bonchev–Trinajstić information content (AvgIpc) is 2.53. The van der Waals surface area contributed by atoms with E-state index < -0.39 is 16.6 Å². The van der Waals surface area contributed by atoms with E-state index in [2.05, 4.69) is 9.97 Å². The van der Waals surface area contributed by atoms with Crippen molar-refractivity contribution in [3.8, 4) is 23.0 Å². The zero-order chi connectivity index (χ0) is 18.0. The van der Waals surface area contributed by atoms with Crippen molar-refractivity contribution in [3.63, 3.8) is 0 Å². The molecule has 2 aromatic carbocycles. The lowest BCUT2D eigenvalue weighted by molar-refractivity contribution is -0.384. The molecule has 126 valence electrons. The van der Waals surface area contributed by atoms with Crippen LogP contribution in [0, 0.1) is 28.7 Å². The molecule has 0 spiro atoms. The smallest absolute Gasteiger partial charge is 0.270 e. The number of aromatic nitrogens is 2. The van der Waals surface area contributed by atoms with Gasteiger partial charge in [-0.3, -0.25) is 10.1 Å². The summed E-state index contributed by atoms with van der Waals surface area (Å²) in [5, 5.41) is 10.9. The minimum absolute atomic E-state index is 0.0550. The van der Waals surface area contributed by atoms with Crippen molar-refractivity contribution in [3.05, 3.63) is 76.0 Å². The molecule has 0 atom stereocenters. The fourth-order valence-corrected chi connectivity index (χ4v) is 2.19. The maximum Gasteiger partial charge on any atom is 0.270 e. The Labute approximate surface area is 140 Å². The molecule has 0 saturated heterocycles. The number of rotatable bonds is 4. The molecule has 0 saturated carbocycles. The second-order valence-corrected chi connectivity index (χ2v) is 5.19. The monoisotopic (exact) mass is 343 g/mol. The van der Waals surface area contributed by atoms with Gasteiger partial charge in [0.25, 0.3) is 5.69 Å². The van der Waals surface area contributed by atoms with E-state index >= 15 is 0 Å². The highest BCUT2D eigenvalue weighted by Crippen LogP contribution is 2.26. The third-order valence-electron chi connectivity index (χ3n) is 3.20. The molecule has 3 rings (SSSR count). The molecule has 0 amide bonds. The first-order chi connectivity index (χ1) is 11.9. The van der Waals surface area contributed by atoms with Gasteiger partial charge in [0.15, 0.2) is 5.82 Å². The minimum atomic E-state index is -0.778. The van der Waals surface area contributed by atoms with Crippen LogP contribution in [-0.4, -0.2) is 14.9 Å². The number of nitro benzene ring substituents is 1. The maximum absolute atomic E-state index is 13.3. The minimum Gasteiger partial charge on any atom is -0.439 e. The van der Waals surface area contributed by atoms with Crippen LogP contribution in [0.2, 0.25) is 0 Å². The predicted octanol–water partition coefficient (Wildman–Crippen LogP) is 4.43. The maximum atomic E-state index is 13.3. The summed E-state index contributed by atoms with van der Waals surface area (Å²) in [6.45, 7) is 1.68. The van der Waals surface area contributed by atoms with Gasteiger partial charge in [0.1, 0.15) is 17.4 Å². The van der Waals surface area contributed by atoms with Gasteiger partial charge >= 0.3 is 0 Å². The molecule has 0 bridgehead atoms. The van der Waals surface area contributed by atoms with Crippen molar-refractivity contribution in [1.82, 2.24) is 9.97 Å². The summed E-state index contributed by atoms with van der Waals surface area (Å²) >= 11 is 0. The van der Waals surface area contributed by atoms with Crippen molar-refractivity contribution < 1.29 is 18.4 Å². The molecule has 0 fully saturated rings. The van der Waals surface area contributed by atoms with Gasteiger partial charge in [0.2, 0.25) is 5.88 Å². The quantitative estimate of drug-likeness (QED) is 0.517. The normalized spacial score (nSPS) is 10.5. The van der Waals surface area contributed by atoms with Gasteiger partial charge in [-0.15, -0.1) is 0 Å². The zero-order valence-corrected chi connectivity index (χ0v) is 12.9. The first-order valence-electron chi connectivity index (χ1n) is 7.15. The van der Waals surface area contributed by atoms with Gasteiger partial charge in [-0.1, -0.05) is 12.1 Å². The second-order valence-electron chi connectivity index (χ2n) is 5.19. The molecule has 8 heteroatoms. The lowest BCUT2D eigenvalue weighted by Gasteiger charge is -2.08. The molecule has 0 radical (unpaired) electrons. The lowest BCUT2D eigenvalue weighted by atomic mass is 10.2. The number of ether oxygens (including phenoxy) is 1. The van der Waals surface area contributed by atoms with Crippen LogP contribution >= 0.6 is 0 Å². The summed E-state index contributed by atoms with van der Waals surface area (Å²) in [7, 11) is 0.